The molecule has 0 spiro atoms. The first kappa shape index (κ1) is 19.0. The summed E-state index contributed by atoms with van der Waals surface area (Å²) in [7, 11) is -2.51. The number of sulfonamides is 1. The van der Waals surface area contributed by atoms with Crippen LogP contribution in [0.4, 0.5) is 0 Å². The normalized spacial score (nSPS) is 17.0. The summed E-state index contributed by atoms with van der Waals surface area (Å²) in [6.07, 6.45) is 0.769. The predicted molar refractivity (Wildman–Crippen MR) is 102 cm³/mol. The number of para-hydroxylation sites is 1. The molecule has 0 saturated carbocycles. The van der Waals surface area contributed by atoms with Crippen molar-refractivity contribution in [2.24, 2.45) is 15.9 Å². The number of benzene rings is 2. The number of rotatable bonds is 5. The van der Waals surface area contributed by atoms with Crippen LogP contribution in [0.25, 0.3) is 0 Å². The first-order valence-electron chi connectivity index (χ1n) is 8.36. The molecule has 1 unspecified atom stereocenters. The highest BCUT2D eigenvalue weighted by atomic mass is 32.2. The van der Waals surface area contributed by atoms with Crippen LogP contribution in [0.15, 0.2) is 52.4 Å². The SMILES string of the molecule is COc1ccc(CN=C(N)NC2CCOc3ccccc32)cc1S(N)(=O)=O. The molecule has 0 saturated heterocycles. The number of primary sulfonamides is 1. The van der Waals surface area contributed by atoms with E-state index in [1.54, 1.807) is 12.1 Å². The van der Waals surface area contributed by atoms with Crippen LogP contribution in [-0.2, 0) is 16.6 Å². The standard InChI is InChI=1S/C18H22N4O4S/c1-25-16-7-6-12(10-17(16)27(20,23)24)11-21-18(19)22-14-8-9-26-15-5-3-2-4-13(14)15/h2-7,10,14H,8-9,11H2,1H3,(H3,19,21,22)(H2,20,23,24). The highest BCUT2D eigenvalue weighted by Gasteiger charge is 2.21. The summed E-state index contributed by atoms with van der Waals surface area (Å²) in [5, 5.41) is 8.43. The van der Waals surface area contributed by atoms with Gasteiger partial charge in [-0.05, 0) is 23.8 Å². The number of nitrogens with two attached hydrogens (primary N) is 2. The highest BCUT2D eigenvalue weighted by molar-refractivity contribution is 7.89. The fourth-order valence-corrected chi connectivity index (χ4v) is 3.68. The minimum atomic E-state index is -3.90. The molecule has 0 bridgehead atoms. The number of hydrogen-bond donors (Lipinski definition) is 3. The average Bonchev–Trinajstić information content (AvgIpc) is 2.66. The molecule has 9 heteroatoms. The summed E-state index contributed by atoms with van der Waals surface area (Å²) < 4.78 is 34.1. The van der Waals surface area contributed by atoms with Gasteiger partial charge in [0, 0.05) is 12.0 Å². The summed E-state index contributed by atoms with van der Waals surface area (Å²) in [5.74, 6) is 1.29. The Hall–Kier alpha value is -2.78. The van der Waals surface area contributed by atoms with Gasteiger partial charge in [0.15, 0.2) is 5.96 Å². The monoisotopic (exact) mass is 390 g/mol. The molecule has 1 heterocycles. The second-order valence-corrected chi connectivity index (χ2v) is 7.63. The maximum absolute atomic E-state index is 11.7. The van der Waals surface area contributed by atoms with Crippen molar-refractivity contribution in [3.05, 3.63) is 53.6 Å². The number of methoxy groups -OCH3 is 1. The average molecular weight is 390 g/mol. The Morgan fingerprint density at radius 2 is 2.11 bits per heavy atom. The van der Waals surface area contributed by atoms with Crippen LogP contribution in [-0.4, -0.2) is 28.1 Å². The van der Waals surface area contributed by atoms with Crippen LogP contribution in [0, 0.1) is 0 Å². The van der Waals surface area contributed by atoms with Crippen molar-refractivity contribution in [3.8, 4) is 11.5 Å². The Morgan fingerprint density at radius 3 is 2.85 bits per heavy atom. The third-order valence-electron chi connectivity index (χ3n) is 4.25. The van der Waals surface area contributed by atoms with Crippen molar-refractivity contribution in [3.63, 3.8) is 0 Å². The molecule has 1 aliphatic rings. The molecule has 0 aromatic heterocycles. The summed E-state index contributed by atoms with van der Waals surface area (Å²) in [4.78, 5) is 4.23. The lowest BCUT2D eigenvalue weighted by molar-refractivity contribution is 0.262. The van der Waals surface area contributed by atoms with Crippen molar-refractivity contribution in [1.29, 1.82) is 0 Å². The molecular weight excluding hydrogens is 368 g/mol. The lowest BCUT2D eigenvalue weighted by Crippen LogP contribution is -2.37. The van der Waals surface area contributed by atoms with E-state index in [9.17, 15) is 8.42 Å². The number of nitrogens with zero attached hydrogens (tertiary/aromatic N) is 1. The van der Waals surface area contributed by atoms with E-state index in [0.29, 0.717) is 12.2 Å². The van der Waals surface area contributed by atoms with Crippen LogP contribution >= 0.6 is 0 Å². The summed E-state index contributed by atoms with van der Waals surface area (Å²) in [6, 6.07) is 12.5. The van der Waals surface area contributed by atoms with Gasteiger partial charge < -0.3 is 20.5 Å². The van der Waals surface area contributed by atoms with E-state index < -0.39 is 10.0 Å². The quantitative estimate of drug-likeness (QED) is 0.521. The number of aliphatic imine (C=N–C) groups is 1. The molecule has 0 aliphatic carbocycles. The van der Waals surface area contributed by atoms with Gasteiger partial charge in [0.25, 0.3) is 0 Å². The van der Waals surface area contributed by atoms with E-state index in [4.69, 9.17) is 20.3 Å². The second kappa shape index (κ2) is 7.85. The van der Waals surface area contributed by atoms with E-state index >= 15 is 0 Å². The molecular formula is C18H22N4O4S. The highest BCUT2D eigenvalue weighted by Crippen LogP contribution is 2.31. The Kier molecular flexibility index (Phi) is 5.52. The molecule has 144 valence electrons. The second-order valence-electron chi connectivity index (χ2n) is 6.10. The maximum atomic E-state index is 11.7. The van der Waals surface area contributed by atoms with Crippen LogP contribution in [0.1, 0.15) is 23.6 Å². The number of nitrogens with one attached hydrogen (secondary N) is 1. The number of hydrogen-bond acceptors (Lipinski definition) is 5. The van der Waals surface area contributed by atoms with Crippen LogP contribution in [0.2, 0.25) is 0 Å². The van der Waals surface area contributed by atoms with E-state index in [2.05, 4.69) is 10.3 Å². The maximum Gasteiger partial charge on any atom is 0.241 e. The zero-order valence-corrected chi connectivity index (χ0v) is 15.7. The smallest absolute Gasteiger partial charge is 0.241 e. The molecule has 2 aromatic rings. The van der Waals surface area contributed by atoms with Gasteiger partial charge in [-0.1, -0.05) is 24.3 Å². The molecule has 1 atom stereocenters. The van der Waals surface area contributed by atoms with Crippen LogP contribution < -0.4 is 25.7 Å². The minimum Gasteiger partial charge on any atom is -0.495 e. The first-order chi connectivity index (χ1) is 12.9. The summed E-state index contributed by atoms with van der Waals surface area (Å²) in [6.45, 7) is 0.800. The minimum absolute atomic E-state index is 0.00884. The van der Waals surface area contributed by atoms with Gasteiger partial charge in [-0.15, -0.1) is 0 Å². The van der Waals surface area contributed by atoms with Gasteiger partial charge in [0.2, 0.25) is 10.0 Å². The third-order valence-corrected chi connectivity index (χ3v) is 5.18. The van der Waals surface area contributed by atoms with E-state index in [0.717, 1.165) is 17.7 Å². The van der Waals surface area contributed by atoms with Crippen molar-refractivity contribution < 1.29 is 17.9 Å². The van der Waals surface area contributed by atoms with E-state index in [-0.39, 0.29) is 29.2 Å². The Bertz CT molecular complexity index is 960. The summed E-state index contributed by atoms with van der Waals surface area (Å²) in [5.41, 5.74) is 7.70. The molecule has 1 aliphatic heterocycles. The topological polar surface area (TPSA) is 129 Å². The molecule has 2 aromatic carbocycles. The molecule has 27 heavy (non-hydrogen) atoms. The number of ether oxygens (including phenoxy) is 2. The summed E-state index contributed by atoms with van der Waals surface area (Å²) >= 11 is 0. The van der Waals surface area contributed by atoms with Crippen LogP contribution in [0.5, 0.6) is 11.5 Å². The van der Waals surface area contributed by atoms with Crippen molar-refractivity contribution in [2.75, 3.05) is 13.7 Å². The Morgan fingerprint density at radius 1 is 1.33 bits per heavy atom. The van der Waals surface area contributed by atoms with Crippen LogP contribution in [0.3, 0.4) is 0 Å². The van der Waals surface area contributed by atoms with Gasteiger partial charge in [0.1, 0.15) is 16.4 Å². The fourth-order valence-electron chi connectivity index (χ4n) is 2.93. The molecule has 3 rings (SSSR count). The van der Waals surface area contributed by atoms with Crippen molar-refractivity contribution >= 4 is 16.0 Å². The first-order valence-corrected chi connectivity index (χ1v) is 9.91. The van der Waals surface area contributed by atoms with Gasteiger partial charge >= 0.3 is 0 Å². The molecule has 8 nitrogen and oxygen atoms in total. The largest absolute Gasteiger partial charge is 0.495 e. The Balaban J connectivity index is 1.73. The number of guanidine groups is 1. The molecule has 0 radical (unpaired) electrons. The lowest BCUT2D eigenvalue weighted by Gasteiger charge is -2.26. The van der Waals surface area contributed by atoms with E-state index in [1.165, 1.54) is 13.2 Å². The molecule has 0 amide bonds. The fraction of sp³-hybridized carbons (Fsp3) is 0.278. The van der Waals surface area contributed by atoms with Gasteiger partial charge in [-0.3, -0.25) is 0 Å². The molecule has 0 fully saturated rings. The van der Waals surface area contributed by atoms with Gasteiger partial charge in [0.05, 0.1) is 26.3 Å². The lowest BCUT2D eigenvalue weighted by atomic mass is 10.0. The third kappa shape index (κ3) is 4.50. The Labute approximate surface area is 158 Å². The van der Waals surface area contributed by atoms with Gasteiger partial charge in [-0.25, -0.2) is 18.5 Å². The molecule has 5 N–H and O–H groups in total. The predicted octanol–water partition coefficient (Wildman–Crippen LogP) is 1.27. The zero-order valence-electron chi connectivity index (χ0n) is 14.9. The van der Waals surface area contributed by atoms with E-state index in [1.807, 2.05) is 24.3 Å². The van der Waals surface area contributed by atoms with Crippen molar-refractivity contribution in [1.82, 2.24) is 5.32 Å². The van der Waals surface area contributed by atoms with Crippen molar-refractivity contribution in [2.45, 2.75) is 23.9 Å². The van der Waals surface area contributed by atoms with Gasteiger partial charge in [-0.2, -0.15) is 0 Å². The zero-order chi connectivity index (χ0) is 19.4. The number of fused-ring (bicyclic) bond motifs is 1.